The first kappa shape index (κ1) is 14.9. The average molecular weight is 290 g/mol. The highest BCUT2D eigenvalue weighted by Crippen LogP contribution is 2.29. The van der Waals surface area contributed by atoms with Gasteiger partial charge in [0, 0.05) is 5.02 Å². The quantitative estimate of drug-likeness (QED) is 0.844. The lowest BCUT2D eigenvalue weighted by Gasteiger charge is -2.11. The predicted molar refractivity (Wildman–Crippen MR) is 84.7 cm³/mol. The molecule has 0 bridgehead atoms. The zero-order chi connectivity index (χ0) is 14.4. The van der Waals surface area contributed by atoms with E-state index in [1.165, 1.54) is 5.56 Å². The molecule has 2 aromatic carbocycles. The van der Waals surface area contributed by atoms with E-state index < -0.39 is 0 Å². The molecule has 0 aliphatic carbocycles. The van der Waals surface area contributed by atoms with Crippen LogP contribution < -0.4 is 10.5 Å². The van der Waals surface area contributed by atoms with Crippen molar-refractivity contribution in [3.05, 3.63) is 58.6 Å². The maximum absolute atomic E-state index is 6.04. The van der Waals surface area contributed by atoms with E-state index in [1.807, 2.05) is 30.3 Å². The van der Waals surface area contributed by atoms with Gasteiger partial charge in [-0.05, 0) is 54.8 Å². The van der Waals surface area contributed by atoms with Crippen molar-refractivity contribution in [2.75, 3.05) is 6.54 Å². The Kier molecular flexibility index (Phi) is 5.45. The number of ether oxygens (including phenoxy) is 1. The zero-order valence-corrected chi connectivity index (χ0v) is 12.5. The van der Waals surface area contributed by atoms with Gasteiger partial charge in [0.15, 0.2) is 0 Å². The highest BCUT2D eigenvalue weighted by atomic mass is 35.5. The monoisotopic (exact) mass is 289 g/mol. The zero-order valence-electron chi connectivity index (χ0n) is 11.7. The molecule has 0 unspecified atom stereocenters. The van der Waals surface area contributed by atoms with E-state index in [-0.39, 0.29) is 0 Å². The van der Waals surface area contributed by atoms with Crippen molar-refractivity contribution in [3.63, 3.8) is 0 Å². The highest BCUT2D eigenvalue weighted by molar-refractivity contribution is 6.30. The Hall–Kier alpha value is -1.51. The second kappa shape index (κ2) is 7.32. The lowest BCUT2D eigenvalue weighted by Crippen LogP contribution is -2.04. The van der Waals surface area contributed by atoms with Gasteiger partial charge in [-0.2, -0.15) is 0 Å². The third kappa shape index (κ3) is 3.99. The van der Waals surface area contributed by atoms with E-state index in [0.717, 1.165) is 36.3 Å². The van der Waals surface area contributed by atoms with E-state index in [4.69, 9.17) is 22.1 Å². The Balaban J connectivity index is 2.18. The van der Waals surface area contributed by atoms with Crippen LogP contribution >= 0.6 is 11.6 Å². The number of hydrogen-bond donors (Lipinski definition) is 1. The first-order valence-corrected chi connectivity index (χ1v) is 7.36. The summed E-state index contributed by atoms with van der Waals surface area (Å²) in [6, 6.07) is 13.9. The summed E-state index contributed by atoms with van der Waals surface area (Å²) in [5.41, 5.74) is 8.03. The lowest BCUT2D eigenvalue weighted by atomic mass is 10.1. The summed E-state index contributed by atoms with van der Waals surface area (Å²) in [5, 5.41) is 0.670. The van der Waals surface area contributed by atoms with E-state index in [0.29, 0.717) is 11.6 Å². The second-order valence-electron chi connectivity index (χ2n) is 4.79. The molecule has 106 valence electrons. The molecule has 0 spiro atoms. The Bertz CT molecular complexity index is 551. The molecule has 3 heteroatoms. The summed E-state index contributed by atoms with van der Waals surface area (Å²) >= 11 is 6.04. The van der Waals surface area contributed by atoms with Gasteiger partial charge in [-0.15, -0.1) is 0 Å². The van der Waals surface area contributed by atoms with Gasteiger partial charge in [0.05, 0.1) is 0 Å². The molecular formula is C17H20ClNO. The minimum atomic E-state index is 0.591. The number of benzene rings is 2. The van der Waals surface area contributed by atoms with E-state index in [9.17, 15) is 0 Å². The molecule has 0 fully saturated rings. The number of hydrogen-bond acceptors (Lipinski definition) is 2. The molecule has 2 rings (SSSR count). The third-order valence-electron chi connectivity index (χ3n) is 3.13. The molecule has 2 N–H and O–H groups in total. The minimum absolute atomic E-state index is 0.591. The van der Waals surface area contributed by atoms with E-state index >= 15 is 0 Å². The van der Waals surface area contributed by atoms with Crippen LogP contribution in [0.2, 0.25) is 5.02 Å². The number of aryl methyl sites for hydroxylation is 1. The fraction of sp³-hybridized carbons (Fsp3) is 0.294. The Labute approximate surface area is 125 Å². The second-order valence-corrected chi connectivity index (χ2v) is 5.22. The van der Waals surface area contributed by atoms with Crippen molar-refractivity contribution in [2.24, 2.45) is 5.73 Å². The van der Waals surface area contributed by atoms with Crippen LogP contribution in [0.1, 0.15) is 24.5 Å². The Morgan fingerprint density at radius 3 is 2.45 bits per heavy atom. The molecule has 0 aliphatic heterocycles. The fourth-order valence-corrected chi connectivity index (χ4v) is 2.29. The topological polar surface area (TPSA) is 35.2 Å². The molecule has 0 heterocycles. The van der Waals surface area contributed by atoms with Crippen LogP contribution in [0.3, 0.4) is 0 Å². The molecule has 0 aliphatic rings. The maximum Gasteiger partial charge on any atom is 0.132 e. The predicted octanol–water partition coefficient (Wildman–Crippen LogP) is 4.59. The van der Waals surface area contributed by atoms with Gasteiger partial charge in [-0.3, -0.25) is 0 Å². The Morgan fingerprint density at radius 1 is 1.05 bits per heavy atom. The number of halogens is 1. The van der Waals surface area contributed by atoms with E-state index in [2.05, 4.69) is 19.1 Å². The molecular weight excluding hydrogens is 270 g/mol. The normalized spacial score (nSPS) is 10.6. The van der Waals surface area contributed by atoms with Gasteiger partial charge >= 0.3 is 0 Å². The van der Waals surface area contributed by atoms with Gasteiger partial charge in [0.25, 0.3) is 0 Å². The minimum Gasteiger partial charge on any atom is -0.457 e. The highest BCUT2D eigenvalue weighted by Gasteiger charge is 2.06. The molecule has 0 radical (unpaired) electrons. The van der Waals surface area contributed by atoms with Gasteiger partial charge in [-0.1, -0.05) is 43.1 Å². The molecule has 2 nitrogen and oxygen atoms in total. The van der Waals surface area contributed by atoms with Crippen molar-refractivity contribution in [3.8, 4) is 11.5 Å². The first-order chi connectivity index (χ1) is 9.72. The molecule has 0 amide bonds. The fourth-order valence-electron chi connectivity index (χ4n) is 2.13. The smallest absolute Gasteiger partial charge is 0.132 e. The average Bonchev–Trinajstić information content (AvgIpc) is 2.44. The summed E-state index contributed by atoms with van der Waals surface area (Å²) in [7, 11) is 0. The van der Waals surface area contributed by atoms with Crippen molar-refractivity contribution in [2.45, 2.75) is 26.2 Å². The molecule has 20 heavy (non-hydrogen) atoms. The van der Waals surface area contributed by atoms with Crippen molar-refractivity contribution in [1.29, 1.82) is 0 Å². The molecule has 0 aromatic heterocycles. The largest absolute Gasteiger partial charge is 0.457 e. The summed E-state index contributed by atoms with van der Waals surface area (Å²) in [5.74, 6) is 1.61. The Morgan fingerprint density at radius 2 is 1.80 bits per heavy atom. The van der Waals surface area contributed by atoms with E-state index in [1.54, 1.807) is 0 Å². The maximum atomic E-state index is 6.04. The third-order valence-corrected chi connectivity index (χ3v) is 3.37. The van der Waals surface area contributed by atoms with Crippen LogP contribution in [0.15, 0.2) is 42.5 Å². The summed E-state index contributed by atoms with van der Waals surface area (Å²) < 4.78 is 5.94. The molecule has 2 aromatic rings. The molecule has 0 saturated carbocycles. The van der Waals surface area contributed by atoms with Crippen LogP contribution in [0.25, 0.3) is 0 Å². The van der Waals surface area contributed by atoms with Crippen LogP contribution in [0, 0.1) is 0 Å². The first-order valence-electron chi connectivity index (χ1n) is 6.98. The lowest BCUT2D eigenvalue weighted by molar-refractivity contribution is 0.476. The SMILES string of the molecule is CCCc1ccc(Oc2cc(Cl)ccc2CCN)cc1. The van der Waals surface area contributed by atoms with Gasteiger partial charge < -0.3 is 10.5 Å². The molecule has 0 saturated heterocycles. The summed E-state index contributed by atoms with van der Waals surface area (Å²) in [4.78, 5) is 0. The van der Waals surface area contributed by atoms with Crippen molar-refractivity contribution < 1.29 is 4.74 Å². The van der Waals surface area contributed by atoms with Crippen LogP contribution in [-0.4, -0.2) is 6.54 Å². The number of rotatable bonds is 6. The van der Waals surface area contributed by atoms with Crippen LogP contribution in [0.4, 0.5) is 0 Å². The van der Waals surface area contributed by atoms with Crippen molar-refractivity contribution >= 4 is 11.6 Å². The number of nitrogens with two attached hydrogens (primary N) is 1. The van der Waals surface area contributed by atoms with Gasteiger partial charge in [0.2, 0.25) is 0 Å². The van der Waals surface area contributed by atoms with Crippen molar-refractivity contribution in [1.82, 2.24) is 0 Å². The molecule has 0 atom stereocenters. The van der Waals surface area contributed by atoms with Crippen LogP contribution in [0.5, 0.6) is 11.5 Å². The van der Waals surface area contributed by atoms with Gasteiger partial charge in [0.1, 0.15) is 11.5 Å². The standard InChI is InChI=1S/C17H20ClNO/c1-2-3-13-4-8-16(9-5-13)20-17-12-15(18)7-6-14(17)10-11-19/h4-9,12H,2-3,10-11,19H2,1H3. The van der Waals surface area contributed by atoms with Crippen LogP contribution in [-0.2, 0) is 12.8 Å². The van der Waals surface area contributed by atoms with Gasteiger partial charge in [-0.25, -0.2) is 0 Å². The summed E-state index contributed by atoms with van der Waals surface area (Å²) in [6.45, 7) is 2.77. The summed E-state index contributed by atoms with van der Waals surface area (Å²) in [6.07, 6.45) is 3.02.